The first-order valence-electron chi connectivity index (χ1n) is 10.7. The number of nitrogens with zero attached hydrogens (tertiary/aromatic N) is 3. The topological polar surface area (TPSA) is 92.3 Å². The molecule has 1 aliphatic heterocycles. The molecule has 1 N–H and O–H groups in total. The van der Waals surface area contributed by atoms with Gasteiger partial charge in [-0.15, -0.1) is 0 Å². The molecule has 0 radical (unpaired) electrons. The van der Waals surface area contributed by atoms with Crippen LogP contribution in [0.3, 0.4) is 0 Å². The van der Waals surface area contributed by atoms with E-state index < -0.39 is 64.7 Å². The molecule has 0 bridgehead atoms. The summed E-state index contributed by atoms with van der Waals surface area (Å²) in [6, 6.07) is 6.51. The molecule has 1 fully saturated rings. The highest BCUT2D eigenvalue weighted by Crippen LogP contribution is 2.30. The average molecular weight is 544 g/mol. The van der Waals surface area contributed by atoms with Crippen molar-refractivity contribution in [3.05, 3.63) is 77.8 Å². The monoisotopic (exact) mass is 544 g/mol. The highest BCUT2D eigenvalue weighted by atomic mass is 32.2. The maximum Gasteiger partial charge on any atom is 0.433 e. The molecule has 2 unspecified atom stereocenters. The molecular weight excluding hydrogens is 526 g/mol. The van der Waals surface area contributed by atoms with Gasteiger partial charge in [0, 0.05) is 31.3 Å². The molecule has 0 spiro atoms. The zero-order valence-corrected chi connectivity index (χ0v) is 19.5. The number of halogens is 6. The van der Waals surface area contributed by atoms with Gasteiger partial charge in [-0.2, -0.15) is 21.9 Å². The number of rotatable bonds is 6. The van der Waals surface area contributed by atoms with E-state index in [9.17, 15) is 39.6 Å². The van der Waals surface area contributed by atoms with Gasteiger partial charge in [-0.3, -0.25) is 9.78 Å². The van der Waals surface area contributed by atoms with Crippen molar-refractivity contribution in [3.63, 3.8) is 0 Å². The minimum Gasteiger partial charge on any atom is -0.351 e. The molecule has 1 amide bonds. The van der Waals surface area contributed by atoms with Crippen molar-refractivity contribution in [2.45, 2.75) is 36.3 Å². The summed E-state index contributed by atoms with van der Waals surface area (Å²) < 4.78 is 106. The molecule has 2 aromatic heterocycles. The van der Waals surface area contributed by atoms with E-state index in [-0.39, 0.29) is 28.3 Å². The molecular formula is C23H18F6N4O3S. The number of amides is 1. The van der Waals surface area contributed by atoms with Crippen molar-refractivity contribution in [2.24, 2.45) is 0 Å². The van der Waals surface area contributed by atoms with Gasteiger partial charge in [-0.25, -0.2) is 22.2 Å². The van der Waals surface area contributed by atoms with Crippen LogP contribution in [0.15, 0.2) is 59.6 Å². The SMILES string of the molecule is O=C(NCc1cc(F)nc(-c2ccc(C(F)(F)F)nc2)c1)C1CC(F)CN1S(=O)(=O)c1ccc(F)cc1. The maximum absolute atomic E-state index is 14.2. The summed E-state index contributed by atoms with van der Waals surface area (Å²) in [5.74, 6) is -2.50. The molecule has 14 heteroatoms. The van der Waals surface area contributed by atoms with E-state index in [1.165, 1.54) is 6.07 Å². The lowest BCUT2D eigenvalue weighted by atomic mass is 10.1. The molecule has 3 aromatic rings. The normalized spacial score (nSPS) is 18.6. The molecule has 1 aliphatic rings. The van der Waals surface area contributed by atoms with Gasteiger partial charge in [0.2, 0.25) is 21.9 Å². The minimum atomic E-state index is -4.65. The second kappa shape index (κ2) is 10.1. The number of sulfonamides is 1. The number of benzene rings is 1. The van der Waals surface area contributed by atoms with Crippen LogP contribution in [0, 0.1) is 11.8 Å². The molecule has 1 saturated heterocycles. The van der Waals surface area contributed by atoms with Crippen molar-refractivity contribution >= 4 is 15.9 Å². The van der Waals surface area contributed by atoms with Crippen molar-refractivity contribution in [1.29, 1.82) is 0 Å². The predicted molar refractivity (Wildman–Crippen MR) is 118 cm³/mol. The first-order chi connectivity index (χ1) is 17.3. The third-order valence-electron chi connectivity index (χ3n) is 5.60. The Kier molecular flexibility index (Phi) is 7.24. The Bertz CT molecular complexity index is 1400. The Morgan fingerprint density at radius 2 is 1.78 bits per heavy atom. The first kappa shape index (κ1) is 26.5. The number of aromatic nitrogens is 2. The van der Waals surface area contributed by atoms with Crippen molar-refractivity contribution in [1.82, 2.24) is 19.6 Å². The zero-order chi connectivity index (χ0) is 27.0. The van der Waals surface area contributed by atoms with Crippen LogP contribution in [0.2, 0.25) is 0 Å². The van der Waals surface area contributed by atoms with E-state index in [2.05, 4.69) is 15.3 Å². The van der Waals surface area contributed by atoms with Crippen molar-refractivity contribution < 1.29 is 39.6 Å². The molecule has 2 atom stereocenters. The lowest BCUT2D eigenvalue weighted by Gasteiger charge is -2.23. The molecule has 196 valence electrons. The zero-order valence-electron chi connectivity index (χ0n) is 18.7. The fraction of sp³-hybridized carbons (Fsp3) is 0.261. The Morgan fingerprint density at radius 1 is 1.08 bits per heavy atom. The van der Waals surface area contributed by atoms with E-state index in [1.54, 1.807) is 0 Å². The highest BCUT2D eigenvalue weighted by molar-refractivity contribution is 7.89. The molecule has 3 heterocycles. The van der Waals surface area contributed by atoms with E-state index in [0.717, 1.165) is 42.6 Å². The first-order valence-corrected chi connectivity index (χ1v) is 12.2. The molecule has 37 heavy (non-hydrogen) atoms. The van der Waals surface area contributed by atoms with Gasteiger partial charge in [-0.1, -0.05) is 0 Å². The summed E-state index contributed by atoms with van der Waals surface area (Å²) in [7, 11) is -4.32. The van der Waals surface area contributed by atoms with Gasteiger partial charge in [0.1, 0.15) is 23.7 Å². The van der Waals surface area contributed by atoms with E-state index in [1.807, 2.05) is 0 Å². The van der Waals surface area contributed by atoms with Crippen LogP contribution in [-0.4, -0.2) is 47.4 Å². The molecule has 4 rings (SSSR count). The standard InChI is InChI=1S/C23H18F6N4O3S/c24-15-2-4-17(5-3-15)37(35,36)33-12-16(25)9-19(33)22(34)31-10-13-7-18(32-21(26)8-13)14-1-6-20(30-11-14)23(27,28)29/h1-8,11,16,19H,9-10,12H2,(H,31,34). The van der Waals surface area contributed by atoms with Crippen LogP contribution < -0.4 is 5.32 Å². The van der Waals surface area contributed by atoms with Crippen LogP contribution >= 0.6 is 0 Å². The maximum atomic E-state index is 14.2. The molecule has 0 saturated carbocycles. The van der Waals surface area contributed by atoms with Gasteiger partial charge in [0.15, 0.2) is 0 Å². The fourth-order valence-electron chi connectivity index (χ4n) is 3.82. The van der Waals surface area contributed by atoms with Gasteiger partial charge >= 0.3 is 6.18 Å². The summed E-state index contributed by atoms with van der Waals surface area (Å²) in [4.78, 5) is 19.4. The Balaban J connectivity index is 1.50. The summed E-state index contributed by atoms with van der Waals surface area (Å²) in [5, 5.41) is 2.43. The van der Waals surface area contributed by atoms with Gasteiger partial charge in [0.25, 0.3) is 0 Å². The molecule has 1 aromatic carbocycles. The van der Waals surface area contributed by atoms with Gasteiger partial charge in [0.05, 0.1) is 10.6 Å². The summed E-state index contributed by atoms with van der Waals surface area (Å²) >= 11 is 0. The number of nitrogens with one attached hydrogen (secondary N) is 1. The fourth-order valence-corrected chi connectivity index (χ4v) is 5.45. The number of hydrogen-bond acceptors (Lipinski definition) is 5. The van der Waals surface area contributed by atoms with Gasteiger partial charge < -0.3 is 5.32 Å². The summed E-state index contributed by atoms with van der Waals surface area (Å²) in [6.45, 7) is -0.885. The van der Waals surface area contributed by atoms with E-state index >= 15 is 0 Å². The van der Waals surface area contributed by atoms with E-state index in [4.69, 9.17) is 0 Å². The summed E-state index contributed by atoms with van der Waals surface area (Å²) in [6.07, 6.45) is -5.81. The third-order valence-corrected chi connectivity index (χ3v) is 7.49. The van der Waals surface area contributed by atoms with E-state index in [0.29, 0.717) is 10.4 Å². The molecule has 7 nitrogen and oxygen atoms in total. The Labute approximate surface area is 207 Å². The number of hydrogen-bond donors (Lipinski definition) is 1. The van der Waals surface area contributed by atoms with Crippen LogP contribution in [0.5, 0.6) is 0 Å². The third kappa shape index (κ3) is 5.91. The Hall–Kier alpha value is -3.52. The minimum absolute atomic E-state index is 0.0457. The number of alkyl halides is 4. The lowest BCUT2D eigenvalue weighted by molar-refractivity contribution is -0.141. The molecule has 0 aliphatic carbocycles. The van der Waals surface area contributed by atoms with Crippen molar-refractivity contribution in [2.75, 3.05) is 6.54 Å². The highest BCUT2D eigenvalue weighted by Gasteiger charge is 2.44. The van der Waals surface area contributed by atoms with Crippen LogP contribution in [0.4, 0.5) is 26.3 Å². The second-order valence-electron chi connectivity index (χ2n) is 8.21. The number of carbonyl (C=O) groups excluding carboxylic acids is 1. The average Bonchev–Trinajstić information content (AvgIpc) is 3.25. The van der Waals surface area contributed by atoms with Crippen LogP contribution in [0.25, 0.3) is 11.3 Å². The van der Waals surface area contributed by atoms with Gasteiger partial charge in [-0.05, 0) is 54.1 Å². The smallest absolute Gasteiger partial charge is 0.351 e. The predicted octanol–water partition coefficient (Wildman–Crippen LogP) is 3.86. The van der Waals surface area contributed by atoms with Crippen LogP contribution in [-0.2, 0) is 27.5 Å². The summed E-state index contributed by atoms with van der Waals surface area (Å²) in [5.41, 5.74) is -0.926. The van der Waals surface area contributed by atoms with Crippen molar-refractivity contribution in [3.8, 4) is 11.3 Å². The van der Waals surface area contributed by atoms with Crippen LogP contribution in [0.1, 0.15) is 17.7 Å². The Morgan fingerprint density at radius 3 is 2.41 bits per heavy atom. The number of pyridine rings is 2. The largest absolute Gasteiger partial charge is 0.433 e. The lowest BCUT2D eigenvalue weighted by Crippen LogP contribution is -2.45. The second-order valence-corrected chi connectivity index (χ2v) is 10.1. The quantitative estimate of drug-likeness (QED) is 0.376. The number of carbonyl (C=O) groups is 1.